The lowest BCUT2D eigenvalue weighted by Crippen LogP contribution is -2.33. The Morgan fingerprint density at radius 2 is 1.85 bits per heavy atom. The molecule has 26 heavy (non-hydrogen) atoms. The van der Waals surface area contributed by atoms with E-state index in [1.165, 1.54) is 36.6 Å². The Balaban J connectivity index is 1.41. The molecular weight excluding hydrogens is 322 g/mol. The van der Waals surface area contributed by atoms with Gasteiger partial charge in [0.05, 0.1) is 0 Å². The molecule has 0 saturated carbocycles. The highest BCUT2D eigenvalue weighted by Crippen LogP contribution is 2.29. The van der Waals surface area contributed by atoms with E-state index in [9.17, 15) is 0 Å². The van der Waals surface area contributed by atoms with E-state index < -0.39 is 0 Å². The van der Waals surface area contributed by atoms with Crippen molar-refractivity contribution in [2.24, 2.45) is 0 Å². The number of nitrogens with zero attached hydrogens (tertiary/aromatic N) is 3. The molecule has 0 radical (unpaired) electrons. The van der Waals surface area contributed by atoms with Crippen molar-refractivity contribution in [3.8, 4) is 11.4 Å². The maximum Gasteiger partial charge on any atom is 0.230 e. The van der Waals surface area contributed by atoms with Gasteiger partial charge in [-0.15, -0.1) is 0 Å². The molecular formula is C22H27N3O. The number of unbranched alkanes of at least 4 members (excludes halogenated alkanes) is 2. The molecule has 4 heteroatoms. The first-order valence-corrected chi connectivity index (χ1v) is 9.88. The van der Waals surface area contributed by atoms with E-state index >= 15 is 0 Å². The molecule has 1 fully saturated rings. The van der Waals surface area contributed by atoms with Gasteiger partial charge in [-0.2, -0.15) is 4.98 Å². The third-order valence-corrected chi connectivity index (χ3v) is 5.46. The normalized spacial score (nSPS) is 16.3. The number of hydrogen-bond donors (Lipinski definition) is 0. The lowest BCUT2D eigenvalue weighted by atomic mass is 9.96. The van der Waals surface area contributed by atoms with Crippen LogP contribution in [0.25, 0.3) is 22.2 Å². The topological polar surface area (TPSA) is 42.2 Å². The van der Waals surface area contributed by atoms with Gasteiger partial charge in [0.15, 0.2) is 0 Å². The highest BCUT2D eigenvalue weighted by molar-refractivity contribution is 5.86. The molecule has 4 nitrogen and oxygen atoms in total. The van der Waals surface area contributed by atoms with Gasteiger partial charge < -0.3 is 9.42 Å². The fourth-order valence-electron chi connectivity index (χ4n) is 3.84. The zero-order valence-electron chi connectivity index (χ0n) is 15.5. The molecule has 1 aromatic heterocycles. The van der Waals surface area contributed by atoms with E-state index in [1.54, 1.807) is 0 Å². The fraction of sp³-hybridized carbons (Fsp3) is 0.455. The van der Waals surface area contributed by atoms with E-state index in [1.807, 2.05) is 0 Å². The summed E-state index contributed by atoms with van der Waals surface area (Å²) in [6, 6.07) is 14.7. The van der Waals surface area contributed by atoms with Crippen LogP contribution in [0.3, 0.4) is 0 Å². The zero-order chi connectivity index (χ0) is 17.8. The molecule has 0 amide bonds. The molecule has 0 bridgehead atoms. The van der Waals surface area contributed by atoms with Crippen LogP contribution < -0.4 is 0 Å². The first-order chi connectivity index (χ1) is 12.8. The third-order valence-electron chi connectivity index (χ3n) is 5.46. The average Bonchev–Trinajstić information content (AvgIpc) is 3.19. The van der Waals surface area contributed by atoms with Gasteiger partial charge >= 0.3 is 0 Å². The van der Waals surface area contributed by atoms with Crippen molar-refractivity contribution in [1.82, 2.24) is 15.0 Å². The van der Waals surface area contributed by atoms with E-state index in [0.29, 0.717) is 11.7 Å². The molecule has 2 aromatic carbocycles. The molecule has 1 aliphatic rings. The standard InChI is InChI=1S/C22H27N3O/c1-2-3-6-13-25-14-11-18(12-15-25)22-23-21(24-26-22)20-10-9-17-7-4-5-8-19(17)16-20/h4-5,7-10,16,18H,2-3,6,11-15H2,1H3. The van der Waals surface area contributed by atoms with Crippen LogP contribution in [0.1, 0.15) is 50.8 Å². The first kappa shape index (κ1) is 17.2. The van der Waals surface area contributed by atoms with Crippen molar-refractivity contribution in [2.75, 3.05) is 19.6 Å². The molecule has 0 spiro atoms. The molecule has 2 heterocycles. The molecule has 3 aromatic rings. The van der Waals surface area contributed by atoms with Crippen LogP contribution in [0.4, 0.5) is 0 Å². The van der Waals surface area contributed by atoms with Crippen LogP contribution in [0, 0.1) is 0 Å². The Morgan fingerprint density at radius 1 is 1.04 bits per heavy atom. The summed E-state index contributed by atoms with van der Waals surface area (Å²) < 4.78 is 5.62. The molecule has 4 rings (SSSR count). The summed E-state index contributed by atoms with van der Waals surface area (Å²) in [6.45, 7) is 5.77. The van der Waals surface area contributed by atoms with E-state index in [0.717, 1.165) is 37.4 Å². The van der Waals surface area contributed by atoms with Crippen LogP contribution in [-0.4, -0.2) is 34.7 Å². The van der Waals surface area contributed by atoms with Crippen LogP contribution in [0.5, 0.6) is 0 Å². The zero-order valence-corrected chi connectivity index (χ0v) is 15.5. The summed E-state index contributed by atoms with van der Waals surface area (Å²) in [5.74, 6) is 1.91. The van der Waals surface area contributed by atoms with E-state index in [-0.39, 0.29) is 0 Å². The number of hydrogen-bond acceptors (Lipinski definition) is 4. The molecule has 0 atom stereocenters. The minimum Gasteiger partial charge on any atom is -0.339 e. The summed E-state index contributed by atoms with van der Waals surface area (Å²) in [6.07, 6.45) is 6.17. The predicted molar refractivity (Wildman–Crippen MR) is 105 cm³/mol. The smallest absolute Gasteiger partial charge is 0.230 e. The second kappa shape index (κ2) is 8.00. The quantitative estimate of drug-likeness (QED) is 0.569. The summed E-state index contributed by atoms with van der Waals surface area (Å²) >= 11 is 0. The van der Waals surface area contributed by atoms with Crippen molar-refractivity contribution >= 4 is 10.8 Å². The maximum atomic E-state index is 5.62. The fourth-order valence-corrected chi connectivity index (χ4v) is 3.84. The molecule has 0 N–H and O–H groups in total. The number of rotatable bonds is 6. The average molecular weight is 349 g/mol. The summed E-state index contributed by atoms with van der Waals surface area (Å²) in [5.41, 5.74) is 1.02. The number of piperidine rings is 1. The molecule has 0 aliphatic carbocycles. The minimum atomic E-state index is 0.402. The summed E-state index contributed by atoms with van der Waals surface area (Å²) in [4.78, 5) is 7.29. The van der Waals surface area contributed by atoms with Crippen molar-refractivity contribution < 1.29 is 4.52 Å². The van der Waals surface area contributed by atoms with Crippen molar-refractivity contribution in [1.29, 1.82) is 0 Å². The maximum absolute atomic E-state index is 5.62. The predicted octanol–water partition coefficient (Wildman–Crippen LogP) is 5.26. The van der Waals surface area contributed by atoms with Gasteiger partial charge in [-0.25, -0.2) is 0 Å². The van der Waals surface area contributed by atoms with Gasteiger partial charge in [0.25, 0.3) is 0 Å². The Hall–Kier alpha value is -2.20. The van der Waals surface area contributed by atoms with Crippen LogP contribution in [0.2, 0.25) is 0 Å². The van der Waals surface area contributed by atoms with Crippen molar-refractivity contribution in [3.63, 3.8) is 0 Å². The second-order valence-electron chi connectivity index (χ2n) is 7.34. The van der Waals surface area contributed by atoms with Gasteiger partial charge in [-0.1, -0.05) is 61.3 Å². The molecule has 1 saturated heterocycles. The lowest BCUT2D eigenvalue weighted by Gasteiger charge is -2.30. The molecule has 1 aliphatic heterocycles. The number of benzene rings is 2. The Kier molecular flexibility index (Phi) is 5.30. The van der Waals surface area contributed by atoms with E-state index in [4.69, 9.17) is 9.51 Å². The molecule has 0 unspecified atom stereocenters. The van der Waals surface area contributed by atoms with Crippen LogP contribution >= 0.6 is 0 Å². The van der Waals surface area contributed by atoms with Crippen molar-refractivity contribution in [3.05, 3.63) is 48.4 Å². The highest BCUT2D eigenvalue weighted by Gasteiger charge is 2.25. The van der Waals surface area contributed by atoms with Crippen molar-refractivity contribution in [2.45, 2.75) is 44.9 Å². The number of aromatic nitrogens is 2. The first-order valence-electron chi connectivity index (χ1n) is 9.88. The van der Waals surface area contributed by atoms with Gasteiger partial charge in [-0.05, 0) is 55.7 Å². The largest absolute Gasteiger partial charge is 0.339 e. The lowest BCUT2D eigenvalue weighted by molar-refractivity contribution is 0.191. The molecule has 136 valence electrons. The third kappa shape index (κ3) is 3.80. The Bertz CT molecular complexity index is 849. The monoisotopic (exact) mass is 349 g/mol. The second-order valence-corrected chi connectivity index (χ2v) is 7.34. The van der Waals surface area contributed by atoms with Gasteiger partial charge in [-0.3, -0.25) is 0 Å². The minimum absolute atomic E-state index is 0.402. The number of likely N-dealkylation sites (tertiary alicyclic amines) is 1. The summed E-state index contributed by atoms with van der Waals surface area (Å²) in [7, 11) is 0. The van der Waals surface area contributed by atoms with Gasteiger partial charge in [0, 0.05) is 11.5 Å². The van der Waals surface area contributed by atoms with Gasteiger partial charge in [0.1, 0.15) is 0 Å². The summed E-state index contributed by atoms with van der Waals surface area (Å²) in [5, 5.41) is 6.69. The van der Waals surface area contributed by atoms with Gasteiger partial charge in [0.2, 0.25) is 11.7 Å². The van der Waals surface area contributed by atoms with E-state index in [2.05, 4.69) is 59.4 Å². The SMILES string of the molecule is CCCCCN1CCC(c2nc(-c3ccc4ccccc4c3)no2)CC1. The number of fused-ring (bicyclic) bond motifs is 1. The Labute approximate surface area is 155 Å². The Morgan fingerprint density at radius 3 is 2.65 bits per heavy atom. The van der Waals surface area contributed by atoms with Crippen LogP contribution in [-0.2, 0) is 0 Å². The van der Waals surface area contributed by atoms with Crippen LogP contribution in [0.15, 0.2) is 47.0 Å². The highest BCUT2D eigenvalue weighted by atomic mass is 16.5.